The first-order valence-corrected chi connectivity index (χ1v) is 5.13. The van der Waals surface area contributed by atoms with E-state index in [-0.39, 0.29) is 11.8 Å². The van der Waals surface area contributed by atoms with E-state index in [1.807, 2.05) is 32.0 Å². The zero-order valence-electron chi connectivity index (χ0n) is 9.18. The Bertz CT molecular complexity index is 463. The maximum absolute atomic E-state index is 11.7. The summed E-state index contributed by atoms with van der Waals surface area (Å²) in [5.41, 5.74) is 0.920. The van der Waals surface area contributed by atoms with Gasteiger partial charge in [0, 0.05) is 5.56 Å². The van der Waals surface area contributed by atoms with Crippen LogP contribution in [0.15, 0.2) is 35.4 Å². The molecule has 4 heteroatoms. The van der Waals surface area contributed by atoms with Crippen molar-refractivity contribution in [2.24, 2.45) is 5.10 Å². The molecular formula is C12H12N2O2. The molecule has 1 aliphatic heterocycles. The summed E-state index contributed by atoms with van der Waals surface area (Å²) in [6.07, 6.45) is 0. The van der Waals surface area contributed by atoms with Crippen LogP contribution in [-0.2, 0) is 9.59 Å². The molecule has 0 aliphatic carbocycles. The molecule has 0 saturated carbocycles. The zero-order valence-corrected chi connectivity index (χ0v) is 9.18. The molecule has 0 radical (unpaired) electrons. The van der Waals surface area contributed by atoms with E-state index in [2.05, 4.69) is 5.10 Å². The van der Waals surface area contributed by atoms with Crippen LogP contribution in [-0.4, -0.2) is 28.5 Å². The number of hydrogen-bond acceptors (Lipinski definition) is 3. The van der Waals surface area contributed by atoms with Gasteiger partial charge in [-0.3, -0.25) is 9.59 Å². The Hall–Kier alpha value is -1.97. The molecule has 0 N–H and O–H groups in total. The van der Waals surface area contributed by atoms with Crippen LogP contribution in [0.4, 0.5) is 0 Å². The Morgan fingerprint density at radius 1 is 1.12 bits per heavy atom. The van der Waals surface area contributed by atoms with Crippen molar-refractivity contribution < 1.29 is 9.59 Å². The fraction of sp³-hybridized carbons (Fsp3) is 0.250. The van der Waals surface area contributed by atoms with Crippen molar-refractivity contribution in [3.63, 3.8) is 0 Å². The summed E-state index contributed by atoms with van der Waals surface area (Å²) in [7, 11) is 0. The summed E-state index contributed by atoms with van der Waals surface area (Å²) < 4.78 is 0. The van der Waals surface area contributed by atoms with Gasteiger partial charge in [-0.05, 0) is 13.8 Å². The van der Waals surface area contributed by atoms with Crippen molar-refractivity contribution in [1.29, 1.82) is 0 Å². The minimum atomic E-state index is -0.547. The molecule has 0 fully saturated rings. The van der Waals surface area contributed by atoms with Crippen LogP contribution in [0, 0.1) is 0 Å². The summed E-state index contributed by atoms with van der Waals surface area (Å²) in [4.78, 5) is 23.3. The molecule has 1 aliphatic rings. The lowest BCUT2D eigenvalue weighted by Gasteiger charge is -2.13. The van der Waals surface area contributed by atoms with E-state index in [4.69, 9.17) is 0 Å². The number of carbonyl (C=O) groups is 2. The number of amides is 1. The van der Waals surface area contributed by atoms with E-state index in [0.717, 1.165) is 0 Å². The molecule has 1 amide bonds. The Labute approximate surface area is 93.6 Å². The summed E-state index contributed by atoms with van der Waals surface area (Å²) in [6.45, 7) is 3.64. The average Bonchev–Trinajstić information content (AvgIpc) is 2.58. The van der Waals surface area contributed by atoms with Gasteiger partial charge in [0.15, 0.2) is 0 Å². The van der Waals surface area contributed by atoms with Crippen molar-refractivity contribution in [1.82, 2.24) is 5.01 Å². The highest BCUT2D eigenvalue weighted by molar-refractivity contribution is 6.69. The molecule has 4 nitrogen and oxygen atoms in total. The van der Waals surface area contributed by atoms with E-state index < -0.39 is 11.7 Å². The van der Waals surface area contributed by atoms with E-state index in [1.54, 1.807) is 12.1 Å². The molecule has 0 saturated heterocycles. The third-order valence-corrected chi connectivity index (χ3v) is 2.36. The molecule has 16 heavy (non-hydrogen) atoms. The first-order chi connectivity index (χ1) is 7.61. The molecule has 0 unspecified atom stereocenters. The molecule has 0 bridgehead atoms. The highest BCUT2D eigenvalue weighted by atomic mass is 16.2. The van der Waals surface area contributed by atoms with Gasteiger partial charge in [-0.15, -0.1) is 0 Å². The van der Waals surface area contributed by atoms with Gasteiger partial charge in [-0.25, -0.2) is 5.01 Å². The van der Waals surface area contributed by atoms with Gasteiger partial charge in [0.1, 0.15) is 5.71 Å². The number of ketones is 1. The van der Waals surface area contributed by atoms with E-state index in [1.165, 1.54) is 5.01 Å². The third-order valence-electron chi connectivity index (χ3n) is 2.36. The largest absolute Gasteiger partial charge is 0.317 e. The summed E-state index contributed by atoms with van der Waals surface area (Å²) >= 11 is 0. The Kier molecular flexibility index (Phi) is 2.56. The number of benzene rings is 1. The van der Waals surface area contributed by atoms with Gasteiger partial charge in [0.25, 0.3) is 5.78 Å². The maximum Gasteiger partial charge on any atom is 0.317 e. The lowest BCUT2D eigenvalue weighted by atomic mass is 10.1. The molecule has 0 aromatic heterocycles. The molecule has 0 spiro atoms. The SMILES string of the molecule is CC(C)N1N=C(c2ccccc2)C(=O)C1=O. The monoisotopic (exact) mass is 216 g/mol. The van der Waals surface area contributed by atoms with Crippen molar-refractivity contribution >= 4 is 17.4 Å². The van der Waals surface area contributed by atoms with E-state index in [0.29, 0.717) is 5.56 Å². The van der Waals surface area contributed by atoms with Gasteiger partial charge in [-0.1, -0.05) is 30.3 Å². The number of carbonyl (C=O) groups excluding carboxylic acids is 2. The van der Waals surface area contributed by atoms with Crippen LogP contribution >= 0.6 is 0 Å². The van der Waals surface area contributed by atoms with Crippen LogP contribution in [0.25, 0.3) is 0 Å². The molecular weight excluding hydrogens is 204 g/mol. The number of rotatable bonds is 2. The summed E-state index contributed by atoms with van der Waals surface area (Å²) in [5, 5.41) is 5.30. The minimum Gasteiger partial charge on any atom is -0.281 e. The van der Waals surface area contributed by atoms with Crippen LogP contribution < -0.4 is 0 Å². The normalized spacial score (nSPS) is 15.9. The maximum atomic E-state index is 11.7. The number of Topliss-reactive ketones (excluding diaryl/α,β-unsaturated/α-hetero) is 1. The predicted octanol–water partition coefficient (Wildman–Crippen LogP) is 1.21. The fourth-order valence-corrected chi connectivity index (χ4v) is 1.54. The molecule has 2 rings (SSSR count). The molecule has 82 valence electrons. The summed E-state index contributed by atoms with van der Waals surface area (Å²) in [5.74, 6) is -1.08. The van der Waals surface area contributed by atoms with Gasteiger partial charge in [-0.2, -0.15) is 5.10 Å². The Morgan fingerprint density at radius 3 is 2.25 bits per heavy atom. The van der Waals surface area contributed by atoms with Crippen molar-refractivity contribution in [3.05, 3.63) is 35.9 Å². The second-order valence-corrected chi connectivity index (χ2v) is 3.89. The Balaban J connectivity index is 2.40. The number of hydrogen-bond donors (Lipinski definition) is 0. The van der Waals surface area contributed by atoms with Crippen molar-refractivity contribution in [2.45, 2.75) is 19.9 Å². The van der Waals surface area contributed by atoms with Gasteiger partial charge in [0.05, 0.1) is 6.04 Å². The lowest BCUT2D eigenvalue weighted by molar-refractivity contribution is -0.140. The molecule has 1 aromatic rings. The second kappa shape index (κ2) is 3.89. The lowest BCUT2D eigenvalue weighted by Crippen LogP contribution is -2.32. The standard InChI is InChI=1S/C12H12N2O2/c1-8(2)14-12(16)11(15)10(13-14)9-6-4-3-5-7-9/h3-8H,1-2H3. The fourth-order valence-electron chi connectivity index (χ4n) is 1.54. The van der Waals surface area contributed by atoms with Crippen molar-refractivity contribution in [2.75, 3.05) is 0 Å². The first-order valence-electron chi connectivity index (χ1n) is 5.13. The van der Waals surface area contributed by atoms with Crippen LogP contribution in [0.1, 0.15) is 19.4 Å². The number of nitrogens with zero attached hydrogens (tertiary/aromatic N) is 2. The molecule has 0 atom stereocenters. The van der Waals surface area contributed by atoms with Gasteiger partial charge in [0.2, 0.25) is 0 Å². The van der Waals surface area contributed by atoms with Crippen LogP contribution in [0.3, 0.4) is 0 Å². The molecule has 1 aromatic carbocycles. The van der Waals surface area contributed by atoms with Crippen LogP contribution in [0.5, 0.6) is 0 Å². The highest BCUT2D eigenvalue weighted by Crippen LogP contribution is 2.14. The Morgan fingerprint density at radius 2 is 1.75 bits per heavy atom. The number of hydrazone groups is 1. The summed E-state index contributed by atoms with van der Waals surface area (Å²) in [6, 6.07) is 8.92. The third kappa shape index (κ3) is 1.62. The van der Waals surface area contributed by atoms with Crippen LogP contribution in [0.2, 0.25) is 0 Å². The van der Waals surface area contributed by atoms with E-state index >= 15 is 0 Å². The quantitative estimate of drug-likeness (QED) is 0.698. The first kappa shape index (κ1) is 10.5. The van der Waals surface area contributed by atoms with Crippen molar-refractivity contribution in [3.8, 4) is 0 Å². The second-order valence-electron chi connectivity index (χ2n) is 3.89. The highest BCUT2D eigenvalue weighted by Gasteiger charge is 2.35. The van der Waals surface area contributed by atoms with Gasteiger partial charge < -0.3 is 0 Å². The average molecular weight is 216 g/mol. The predicted molar refractivity (Wildman–Crippen MR) is 60.0 cm³/mol. The topological polar surface area (TPSA) is 49.7 Å². The van der Waals surface area contributed by atoms with Gasteiger partial charge >= 0.3 is 5.91 Å². The molecule has 1 heterocycles. The smallest absolute Gasteiger partial charge is 0.281 e. The zero-order chi connectivity index (χ0) is 11.7. The van der Waals surface area contributed by atoms with E-state index in [9.17, 15) is 9.59 Å². The minimum absolute atomic E-state index is 0.0994.